The van der Waals surface area contributed by atoms with Crippen LogP contribution in [0.15, 0.2) is 48.5 Å². The van der Waals surface area contributed by atoms with E-state index in [9.17, 15) is 18.5 Å². The van der Waals surface area contributed by atoms with E-state index in [2.05, 4.69) is 25.5 Å². The maximum absolute atomic E-state index is 12.3. The highest BCUT2D eigenvalue weighted by molar-refractivity contribution is 7.91. The molecule has 24 heavy (non-hydrogen) atoms. The molecule has 2 rings (SSSR count). The maximum atomic E-state index is 12.3. The van der Waals surface area contributed by atoms with Crippen LogP contribution < -0.4 is 4.72 Å². The summed E-state index contributed by atoms with van der Waals surface area (Å²) < 4.78 is 27.0. The smallest absolute Gasteiger partial charge is 0.273 e. The second-order valence-electron chi connectivity index (χ2n) is 6.57. The molecule has 0 aliphatic rings. The molecule has 1 N–H and O–H groups in total. The summed E-state index contributed by atoms with van der Waals surface area (Å²) in [4.78, 5) is 10.4. The van der Waals surface area contributed by atoms with E-state index in [-0.39, 0.29) is 16.7 Å². The lowest BCUT2D eigenvalue weighted by Crippen LogP contribution is -2.16. The second-order valence-corrected chi connectivity index (χ2v) is 8.30. The number of para-hydroxylation sites is 1. The number of nitro benzene ring substituents is 1. The summed E-state index contributed by atoms with van der Waals surface area (Å²) in [5.41, 5.74) is 1.44. The monoisotopic (exact) mass is 348 g/mol. The van der Waals surface area contributed by atoms with E-state index < -0.39 is 20.7 Å². The molecule has 128 valence electrons. The Morgan fingerprint density at radius 1 is 1.04 bits per heavy atom. The number of benzene rings is 2. The van der Waals surface area contributed by atoms with Crippen LogP contribution in [-0.4, -0.2) is 13.3 Å². The van der Waals surface area contributed by atoms with Gasteiger partial charge in [0.15, 0.2) is 0 Å². The van der Waals surface area contributed by atoms with Crippen LogP contribution in [0, 0.1) is 10.1 Å². The molecular weight excluding hydrogens is 328 g/mol. The third kappa shape index (κ3) is 4.55. The molecule has 2 aromatic carbocycles. The lowest BCUT2D eigenvalue weighted by molar-refractivity contribution is -0.385. The second kappa shape index (κ2) is 6.60. The molecule has 0 radical (unpaired) electrons. The normalized spacial score (nSPS) is 12.0. The summed E-state index contributed by atoms with van der Waals surface area (Å²) in [6.45, 7) is 6.21. The van der Waals surface area contributed by atoms with Crippen molar-refractivity contribution in [3.05, 3.63) is 69.8 Å². The highest BCUT2D eigenvalue weighted by atomic mass is 32.2. The van der Waals surface area contributed by atoms with Crippen molar-refractivity contribution in [3.8, 4) is 0 Å². The molecule has 0 bridgehead atoms. The molecule has 0 saturated heterocycles. The number of rotatable bonds is 5. The molecule has 0 fully saturated rings. The van der Waals surface area contributed by atoms with Gasteiger partial charge in [-0.25, -0.2) is 8.42 Å². The summed E-state index contributed by atoms with van der Waals surface area (Å²) in [6, 6.07) is 12.9. The molecule has 0 saturated carbocycles. The van der Waals surface area contributed by atoms with Gasteiger partial charge in [-0.1, -0.05) is 51.1 Å². The molecule has 0 heterocycles. The minimum absolute atomic E-state index is 0.0257. The van der Waals surface area contributed by atoms with Gasteiger partial charge in [0.25, 0.3) is 5.69 Å². The number of nitro groups is 1. The van der Waals surface area contributed by atoms with Gasteiger partial charge in [-0.05, 0) is 23.1 Å². The first kappa shape index (κ1) is 17.9. The van der Waals surface area contributed by atoms with Gasteiger partial charge in [0.2, 0.25) is 10.0 Å². The molecule has 0 unspecified atom stereocenters. The highest BCUT2D eigenvalue weighted by Gasteiger charge is 2.20. The molecule has 0 aliphatic heterocycles. The number of hydrogen-bond donors (Lipinski definition) is 1. The predicted molar refractivity (Wildman–Crippen MR) is 94.5 cm³/mol. The van der Waals surface area contributed by atoms with E-state index in [1.54, 1.807) is 18.2 Å². The largest absolute Gasteiger partial charge is 0.283 e. The summed E-state index contributed by atoms with van der Waals surface area (Å²) in [7, 11) is -3.75. The Balaban J connectivity index is 2.19. The molecule has 0 amide bonds. The minimum atomic E-state index is -3.75. The summed E-state index contributed by atoms with van der Waals surface area (Å²) in [6.07, 6.45) is 0. The SMILES string of the molecule is CC(C)(C)c1ccc(NS(=O)(=O)Cc2ccccc2[N+](=O)[O-])cc1. The third-order valence-electron chi connectivity index (χ3n) is 3.56. The summed E-state index contributed by atoms with van der Waals surface area (Å²) in [5.74, 6) is -0.453. The topological polar surface area (TPSA) is 89.3 Å². The molecule has 2 aromatic rings. The van der Waals surface area contributed by atoms with Gasteiger partial charge in [0.1, 0.15) is 5.75 Å². The van der Waals surface area contributed by atoms with E-state index in [0.29, 0.717) is 5.69 Å². The van der Waals surface area contributed by atoms with Crippen molar-refractivity contribution in [3.63, 3.8) is 0 Å². The minimum Gasteiger partial charge on any atom is -0.283 e. The van der Waals surface area contributed by atoms with Crippen LogP contribution in [0.5, 0.6) is 0 Å². The van der Waals surface area contributed by atoms with E-state index in [4.69, 9.17) is 0 Å². The molecular formula is C17H20N2O4S. The van der Waals surface area contributed by atoms with Crippen molar-refractivity contribution in [2.24, 2.45) is 0 Å². The Hall–Kier alpha value is -2.41. The van der Waals surface area contributed by atoms with Crippen molar-refractivity contribution >= 4 is 21.4 Å². The Kier molecular flexibility index (Phi) is 4.94. The van der Waals surface area contributed by atoms with Crippen LogP contribution in [0.3, 0.4) is 0 Å². The average Bonchev–Trinajstić information content (AvgIpc) is 2.46. The fourth-order valence-corrected chi connectivity index (χ4v) is 3.49. The first-order valence-electron chi connectivity index (χ1n) is 7.42. The van der Waals surface area contributed by atoms with E-state index in [0.717, 1.165) is 5.56 Å². The number of nitrogens with one attached hydrogen (secondary N) is 1. The van der Waals surface area contributed by atoms with Gasteiger partial charge in [0, 0.05) is 17.3 Å². The Morgan fingerprint density at radius 3 is 2.17 bits per heavy atom. The molecule has 0 atom stereocenters. The summed E-state index contributed by atoms with van der Waals surface area (Å²) in [5, 5.41) is 11.0. The van der Waals surface area contributed by atoms with Crippen LogP contribution >= 0.6 is 0 Å². The van der Waals surface area contributed by atoms with Crippen molar-refractivity contribution < 1.29 is 13.3 Å². The van der Waals surface area contributed by atoms with Crippen LogP contribution in [-0.2, 0) is 21.2 Å². The molecule has 0 aliphatic carbocycles. The first-order valence-corrected chi connectivity index (χ1v) is 9.07. The molecule has 6 nitrogen and oxygen atoms in total. The zero-order valence-electron chi connectivity index (χ0n) is 13.8. The highest BCUT2D eigenvalue weighted by Crippen LogP contribution is 2.25. The van der Waals surface area contributed by atoms with Gasteiger partial charge in [-0.2, -0.15) is 0 Å². The number of hydrogen-bond acceptors (Lipinski definition) is 4. The Morgan fingerprint density at radius 2 is 1.62 bits per heavy atom. The lowest BCUT2D eigenvalue weighted by Gasteiger charge is -2.19. The summed E-state index contributed by atoms with van der Waals surface area (Å²) >= 11 is 0. The van der Waals surface area contributed by atoms with Gasteiger partial charge in [-0.3, -0.25) is 14.8 Å². The Labute approximate surface area is 141 Å². The number of sulfonamides is 1. The number of nitrogens with zero attached hydrogens (tertiary/aromatic N) is 1. The predicted octanol–water partition coefficient (Wildman–Crippen LogP) is 3.83. The Bertz CT molecular complexity index is 838. The third-order valence-corrected chi connectivity index (χ3v) is 4.80. The average molecular weight is 348 g/mol. The van der Waals surface area contributed by atoms with Gasteiger partial charge >= 0.3 is 0 Å². The number of anilines is 1. The van der Waals surface area contributed by atoms with Crippen LogP contribution in [0.1, 0.15) is 31.9 Å². The fourth-order valence-electron chi connectivity index (χ4n) is 2.27. The zero-order valence-corrected chi connectivity index (χ0v) is 14.6. The quantitative estimate of drug-likeness (QED) is 0.657. The van der Waals surface area contributed by atoms with Crippen molar-refractivity contribution in [1.82, 2.24) is 0 Å². The van der Waals surface area contributed by atoms with Crippen molar-refractivity contribution in [2.75, 3.05) is 4.72 Å². The van der Waals surface area contributed by atoms with Crippen molar-refractivity contribution in [1.29, 1.82) is 0 Å². The van der Waals surface area contributed by atoms with Crippen molar-refractivity contribution in [2.45, 2.75) is 31.9 Å². The molecule has 0 aromatic heterocycles. The first-order chi connectivity index (χ1) is 11.1. The van der Waals surface area contributed by atoms with Crippen LogP contribution in [0.25, 0.3) is 0 Å². The fraction of sp³-hybridized carbons (Fsp3) is 0.294. The van der Waals surface area contributed by atoms with E-state index in [1.807, 2.05) is 12.1 Å². The van der Waals surface area contributed by atoms with E-state index >= 15 is 0 Å². The van der Waals surface area contributed by atoms with Gasteiger partial charge < -0.3 is 0 Å². The lowest BCUT2D eigenvalue weighted by atomic mass is 9.87. The van der Waals surface area contributed by atoms with E-state index in [1.165, 1.54) is 18.2 Å². The van der Waals surface area contributed by atoms with Gasteiger partial charge in [0.05, 0.1) is 4.92 Å². The zero-order chi connectivity index (χ0) is 18.0. The van der Waals surface area contributed by atoms with Gasteiger partial charge in [-0.15, -0.1) is 0 Å². The molecule has 0 spiro atoms. The molecule has 7 heteroatoms. The maximum Gasteiger partial charge on any atom is 0.273 e. The van der Waals surface area contributed by atoms with Crippen LogP contribution in [0.4, 0.5) is 11.4 Å². The van der Waals surface area contributed by atoms with Crippen LogP contribution in [0.2, 0.25) is 0 Å². The standard InChI is InChI=1S/C17H20N2O4S/c1-17(2,3)14-8-10-15(11-9-14)18-24(22,23)12-13-6-4-5-7-16(13)19(20)21/h4-11,18H,12H2,1-3H3.